The Balaban J connectivity index is 1.82. The second-order valence-electron chi connectivity index (χ2n) is 6.62. The van der Waals surface area contributed by atoms with E-state index in [1.807, 2.05) is 0 Å². The molecule has 23 heavy (non-hydrogen) atoms. The van der Waals surface area contributed by atoms with Gasteiger partial charge in [-0.25, -0.2) is 4.79 Å². The monoisotopic (exact) mass is 325 g/mol. The topological polar surface area (TPSA) is 90.0 Å². The smallest absolute Gasteiger partial charge is 0.317 e. The third-order valence-electron chi connectivity index (χ3n) is 4.78. The molecule has 1 saturated carbocycles. The van der Waals surface area contributed by atoms with E-state index in [1.165, 1.54) is 17.7 Å². The highest BCUT2D eigenvalue weighted by Crippen LogP contribution is 2.21. The molecular weight excluding hydrogens is 298 g/mol. The molecule has 0 radical (unpaired) electrons. The van der Waals surface area contributed by atoms with Crippen LogP contribution in [0.5, 0.6) is 0 Å². The van der Waals surface area contributed by atoms with Crippen molar-refractivity contribution in [3.8, 4) is 0 Å². The molecule has 0 aromatic carbocycles. The molecule has 0 bridgehead atoms. The van der Waals surface area contributed by atoms with Crippen molar-refractivity contribution in [3.63, 3.8) is 0 Å². The van der Waals surface area contributed by atoms with E-state index in [-0.39, 0.29) is 36.9 Å². The third-order valence-corrected chi connectivity index (χ3v) is 4.78. The maximum atomic E-state index is 12.4. The van der Waals surface area contributed by atoms with Crippen molar-refractivity contribution >= 4 is 17.9 Å². The second-order valence-corrected chi connectivity index (χ2v) is 6.62. The molecule has 1 saturated heterocycles. The Morgan fingerprint density at radius 1 is 1.17 bits per heavy atom. The molecule has 1 heterocycles. The number of nitrogens with one attached hydrogen (secondary N) is 1. The minimum absolute atomic E-state index is 0.0547. The number of likely N-dealkylation sites (tertiary alicyclic amines) is 1. The quantitative estimate of drug-likeness (QED) is 0.797. The van der Waals surface area contributed by atoms with Gasteiger partial charge in [0, 0.05) is 32.7 Å². The Kier molecular flexibility index (Phi) is 6.24. The number of carbonyl (C=O) groups is 3. The van der Waals surface area contributed by atoms with Crippen molar-refractivity contribution < 1.29 is 19.5 Å². The largest absolute Gasteiger partial charge is 0.481 e. The number of hydrogen-bond acceptors (Lipinski definition) is 3. The summed E-state index contributed by atoms with van der Waals surface area (Å²) in [7, 11) is 1.63. The molecule has 2 aliphatic rings. The first-order valence-electron chi connectivity index (χ1n) is 8.49. The Morgan fingerprint density at radius 2 is 1.87 bits per heavy atom. The molecule has 7 heteroatoms. The molecule has 1 aliphatic carbocycles. The van der Waals surface area contributed by atoms with Gasteiger partial charge < -0.3 is 20.2 Å². The van der Waals surface area contributed by atoms with Crippen LogP contribution >= 0.6 is 0 Å². The van der Waals surface area contributed by atoms with Crippen molar-refractivity contribution in [1.82, 2.24) is 15.1 Å². The fourth-order valence-corrected chi connectivity index (χ4v) is 3.38. The zero-order valence-electron chi connectivity index (χ0n) is 13.8. The van der Waals surface area contributed by atoms with Crippen molar-refractivity contribution in [1.29, 1.82) is 0 Å². The molecule has 2 N–H and O–H groups in total. The minimum atomic E-state index is -0.911. The summed E-state index contributed by atoms with van der Waals surface area (Å²) in [5.41, 5.74) is 0. The van der Waals surface area contributed by atoms with E-state index < -0.39 is 5.97 Å². The fraction of sp³-hybridized carbons (Fsp3) is 0.812. The highest BCUT2D eigenvalue weighted by atomic mass is 16.4. The van der Waals surface area contributed by atoms with Gasteiger partial charge in [-0.2, -0.15) is 0 Å². The van der Waals surface area contributed by atoms with E-state index in [2.05, 4.69) is 5.32 Å². The Labute approximate surface area is 137 Å². The van der Waals surface area contributed by atoms with E-state index >= 15 is 0 Å². The van der Waals surface area contributed by atoms with Crippen LogP contribution in [0.2, 0.25) is 0 Å². The number of carbonyl (C=O) groups excluding carboxylic acids is 2. The maximum Gasteiger partial charge on any atom is 0.317 e. The van der Waals surface area contributed by atoms with Crippen molar-refractivity contribution in [3.05, 3.63) is 0 Å². The minimum Gasteiger partial charge on any atom is -0.481 e. The number of rotatable bonds is 5. The Hall–Kier alpha value is -1.79. The van der Waals surface area contributed by atoms with Gasteiger partial charge in [0.25, 0.3) is 0 Å². The summed E-state index contributed by atoms with van der Waals surface area (Å²) in [5, 5.41) is 11.8. The van der Waals surface area contributed by atoms with E-state index in [0.717, 1.165) is 25.7 Å². The molecule has 2 rings (SSSR count). The van der Waals surface area contributed by atoms with Crippen LogP contribution in [0.25, 0.3) is 0 Å². The number of carboxylic acids is 1. The average molecular weight is 325 g/mol. The van der Waals surface area contributed by atoms with Gasteiger partial charge in [-0.05, 0) is 25.7 Å². The van der Waals surface area contributed by atoms with Gasteiger partial charge >= 0.3 is 12.0 Å². The van der Waals surface area contributed by atoms with Crippen LogP contribution in [-0.2, 0) is 9.59 Å². The molecule has 1 atom stereocenters. The standard InChI is InChI=1S/C16H27N3O4/c1-18(10-8-14(20)21)15(22)12-5-4-9-19(11-12)16(23)17-13-6-2-3-7-13/h12-13H,2-11H2,1H3,(H,17,23)(H,20,21). The van der Waals surface area contributed by atoms with Crippen molar-refractivity contribution in [2.45, 2.75) is 51.0 Å². The SMILES string of the molecule is CN(CCC(=O)O)C(=O)C1CCCN(C(=O)NC2CCCC2)C1. The van der Waals surface area contributed by atoms with Gasteiger partial charge in [0.1, 0.15) is 0 Å². The molecule has 7 nitrogen and oxygen atoms in total. The maximum absolute atomic E-state index is 12.4. The summed E-state index contributed by atoms with van der Waals surface area (Å²) in [6, 6.07) is 0.208. The molecule has 0 spiro atoms. The zero-order chi connectivity index (χ0) is 16.8. The Bertz CT molecular complexity index is 449. The zero-order valence-corrected chi connectivity index (χ0v) is 13.8. The lowest BCUT2D eigenvalue weighted by Gasteiger charge is -2.34. The van der Waals surface area contributed by atoms with E-state index in [4.69, 9.17) is 5.11 Å². The predicted octanol–water partition coefficient (Wildman–Crippen LogP) is 1.28. The first-order valence-corrected chi connectivity index (χ1v) is 8.49. The summed E-state index contributed by atoms with van der Waals surface area (Å²) in [6.07, 6.45) is 5.92. The third kappa shape index (κ3) is 5.11. The molecule has 130 valence electrons. The highest BCUT2D eigenvalue weighted by molar-refractivity contribution is 5.81. The van der Waals surface area contributed by atoms with Gasteiger partial charge in [0.2, 0.25) is 5.91 Å². The van der Waals surface area contributed by atoms with E-state index in [9.17, 15) is 14.4 Å². The van der Waals surface area contributed by atoms with Crippen LogP contribution in [0.15, 0.2) is 0 Å². The summed E-state index contributed by atoms with van der Waals surface area (Å²) < 4.78 is 0. The number of hydrogen-bond donors (Lipinski definition) is 2. The molecule has 0 aromatic heterocycles. The lowest BCUT2D eigenvalue weighted by Crippen LogP contribution is -2.50. The molecule has 3 amide bonds. The lowest BCUT2D eigenvalue weighted by atomic mass is 9.96. The molecular formula is C16H27N3O4. The molecule has 1 unspecified atom stereocenters. The van der Waals surface area contributed by atoms with Gasteiger partial charge in [0.15, 0.2) is 0 Å². The number of urea groups is 1. The first-order chi connectivity index (χ1) is 11.0. The Morgan fingerprint density at radius 3 is 2.52 bits per heavy atom. The average Bonchev–Trinajstić information content (AvgIpc) is 3.04. The van der Waals surface area contributed by atoms with Gasteiger partial charge in [-0.1, -0.05) is 12.8 Å². The van der Waals surface area contributed by atoms with Crippen LogP contribution in [0.1, 0.15) is 44.9 Å². The number of carboxylic acid groups (broad SMARTS) is 1. The van der Waals surface area contributed by atoms with Crippen LogP contribution in [0.4, 0.5) is 4.79 Å². The lowest BCUT2D eigenvalue weighted by molar-refractivity contribution is -0.139. The number of nitrogens with zero attached hydrogens (tertiary/aromatic N) is 2. The highest BCUT2D eigenvalue weighted by Gasteiger charge is 2.31. The van der Waals surface area contributed by atoms with Crippen molar-refractivity contribution in [2.24, 2.45) is 5.92 Å². The molecule has 1 aliphatic heterocycles. The van der Waals surface area contributed by atoms with Crippen LogP contribution in [0, 0.1) is 5.92 Å². The summed E-state index contributed by atoms with van der Waals surface area (Å²) >= 11 is 0. The number of piperidine rings is 1. The molecule has 2 fully saturated rings. The molecule has 0 aromatic rings. The normalized spacial score (nSPS) is 22.0. The van der Waals surface area contributed by atoms with Crippen LogP contribution in [0.3, 0.4) is 0 Å². The fourth-order valence-electron chi connectivity index (χ4n) is 3.38. The van der Waals surface area contributed by atoms with Crippen LogP contribution in [-0.4, -0.2) is 65.5 Å². The van der Waals surface area contributed by atoms with E-state index in [0.29, 0.717) is 13.1 Å². The van der Waals surface area contributed by atoms with Gasteiger partial charge in [-0.15, -0.1) is 0 Å². The predicted molar refractivity (Wildman–Crippen MR) is 85.0 cm³/mol. The van der Waals surface area contributed by atoms with Gasteiger partial charge in [-0.3, -0.25) is 9.59 Å². The van der Waals surface area contributed by atoms with Gasteiger partial charge in [0.05, 0.1) is 12.3 Å². The number of amides is 3. The second kappa shape index (κ2) is 8.17. The van der Waals surface area contributed by atoms with Crippen molar-refractivity contribution in [2.75, 3.05) is 26.7 Å². The first kappa shape index (κ1) is 17.6. The number of aliphatic carboxylic acids is 1. The van der Waals surface area contributed by atoms with E-state index in [1.54, 1.807) is 11.9 Å². The van der Waals surface area contributed by atoms with Crippen LogP contribution < -0.4 is 5.32 Å². The summed E-state index contributed by atoms with van der Waals surface area (Å²) in [6.45, 7) is 1.31. The summed E-state index contributed by atoms with van der Waals surface area (Å²) in [4.78, 5) is 38.5. The summed E-state index contributed by atoms with van der Waals surface area (Å²) in [5.74, 6) is -1.20.